The van der Waals surface area contributed by atoms with Crippen molar-refractivity contribution < 1.29 is 4.74 Å². The highest BCUT2D eigenvalue weighted by molar-refractivity contribution is 5.29. The normalized spacial score (nSPS) is 18.2. The molecular weight excluding hydrogens is 246 g/mol. The SMILES string of the molecule is CC(C)Oc1ccc(C(N)CCC2CCCCC2)cc1. The van der Waals surface area contributed by atoms with Gasteiger partial charge in [-0.25, -0.2) is 0 Å². The Kier molecular flexibility index (Phi) is 5.90. The second-order valence-electron chi connectivity index (χ2n) is 6.42. The van der Waals surface area contributed by atoms with E-state index in [1.807, 2.05) is 26.0 Å². The van der Waals surface area contributed by atoms with Gasteiger partial charge in [-0.1, -0.05) is 44.2 Å². The Morgan fingerprint density at radius 2 is 1.75 bits per heavy atom. The first-order valence-electron chi connectivity index (χ1n) is 8.17. The molecule has 0 aliphatic heterocycles. The highest BCUT2D eigenvalue weighted by atomic mass is 16.5. The van der Waals surface area contributed by atoms with E-state index in [9.17, 15) is 0 Å². The van der Waals surface area contributed by atoms with Crippen LogP contribution in [0.15, 0.2) is 24.3 Å². The minimum absolute atomic E-state index is 0.171. The number of benzene rings is 1. The molecule has 0 spiro atoms. The van der Waals surface area contributed by atoms with Crippen molar-refractivity contribution in [3.63, 3.8) is 0 Å². The van der Waals surface area contributed by atoms with Gasteiger partial charge in [0.25, 0.3) is 0 Å². The van der Waals surface area contributed by atoms with Crippen LogP contribution in [0.5, 0.6) is 5.75 Å². The van der Waals surface area contributed by atoms with Crippen molar-refractivity contribution in [3.05, 3.63) is 29.8 Å². The fraction of sp³-hybridized carbons (Fsp3) is 0.667. The van der Waals surface area contributed by atoms with Crippen molar-refractivity contribution in [1.82, 2.24) is 0 Å². The lowest BCUT2D eigenvalue weighted by Crippen LogP contribution is -2.14. The Morgan fingerprint density at radius 1 is 1.10 bits per heavy atom. The molecule has 20 heavy (non-hydrogen) atoms. The van der Waals surface area contributed by atoms with E-state index in [1.54, 1.807) is 0 Å². The lowest BCUT2D eigenvalue weighted by molar-refractivity contribution is 0.242. The molecule has 0 aromatic heterocycles. The van der Waals surface area contributed by atoms with Gasteiger partial charge in [0.1, 0.15) is 5.75 Å². The Hall–Kier alpha value is -1.02. The summed E-state index contributed by atoms with van der Waals surface area (Å²) < 4.78 is 5.66. The molecule has 2 heteroatoms. The van der Waals surface area contributed by atoms with E-state index >= 15 is 0 Å². The molecule has 1 unspecified atom stereocenters. The molecule has 1 aromatic carbocycles. The van der Waals surface area contributed by atoms with Crippen LogP contribution in [-0.2, 0) is 0 Å². The van der Waals surface area contributed by atoms with Gasteiger partial charge in [-0.3, -0.25) is 0 Å². The number of rotatable bonds is 6. The summed E-state index contributed by atoms with van der Waals surface area (Å²) in [7, 11) is 0. The maximum atomic E-state index is 6.32. The molecule has 1 fully saturated rings. The highest BCUT2D eigenvalue weighted by Gasteiger charge is 2.15. The molecular formula is C18H29NO. The number of hydrogen-bond acceptors (Lipinski definition) is 2. The Labute approximate surface area is 123 Å². The van der Waals surface area contributed by atoms with Gasteiger partial charge in [0.2, 0.25) is 0 Å². The van der Waals surface area contributed by atoms with Gasteiger partial charge in [-0.2, -0.15) is 0 Å². The summed E-state index contributed by atoms with van der Waals surface area (Å²) in [6.45, 7) is 4.09. The maximum Gasteiger partial charge on any atom is 0.119 e. The maximum absolute atomic E-state index is 6.32. The summed E-state index contributed by atoms with van der Waals surface area (Å²) in [6, 6.07) is 8.47. The second-order valence-corrected chi connectivity index (χ2v) is 6.42. The van der Waals surface area contributed by atoms with E-state index in [0.717, 1.165) is 18.1 Å². The molecule has 1 aliphatic rings. The summed E-state index contributed by atoms with van der Waals surface area (Å²) >= 11 is 0. The molecule has 1 aromatic rings. The fourth-order valence-corrected chi connectivity index (χ4v) is 3.12. The van der Waals surface area contributed by atoms with E-state index in [4.69, 9.17) is 10.5 Å². The van der Waals surface area contributed by atoms with Gasteiger partial charge in [-0.15, -0.1) is 0 Å². The lowest BCUT2D eigenvalue weighted by atomic mass is 9.84. The Balaban J connectivity index is 1.80. The number of ether oxygens (including phenoxy) is 1. The molecule has 0 heterocycles. The van der Waals surface area contributed by atoms with Crippen molar-refractivity contribution in [1.29, 1.82) is 0 Å². The fourth-order valence-electron chi connectivity index (χ4n) is 3.12. The van der Waals surface area contributed by atoms with Gasteiger partial charge in [-0.05, 0) is 50.3 Å². The zero-order valence-corrected chi connectivity index (χ0v) is 13.0. The van der Waals surface area contributed by atoms with Gasteiger partial charge in [0, 0.05) is 6.04 Å². The van der Waals surface area contributed by atoms with Crippen molar-refractivity contribution in [2.75, 3.05) is 0 Å². The van der Waals surface area contributed by atoms with Crippen LogP contribution < -0.4 is 10.5 Å². The van der Waals surface area contributed by atoms with Crippen molar-refractivity contribution >= 4 is 0 Å². The summed E-state index contributed by atoms with van der Waals surface area (Å²) in [4.78, 5) is 0. The first-order valence-corrected chi connectivity index (χ1v) is 8.17. The van der Waals surface area contributed by atoms with Crippen LogP contribution in [0.25, 0.3) is 0 Å². The minimum atomic E-state index is 0.171. The highest BCUT2D eigenvalue weighted by Crippen LogP contribution is 2.30. The third-order valence-electron chi connectivity index (χ3n) is 4.29. The Morgan fingerprint density at radius 3 is 2.35 bits per heavy atom. The van der Waals surface area contributed by atoms with Gasteiger partial charge < -0.3 is 10.5 Å². The van der Waals surface area contributed by atoms with Gasteiger partial charge >= 0.3 is 0 Å². The third-order valence-corrected chi connectivity index (χ3v) is 4.29. The average Bonchev–Trinajstić information content (AvgIpc) is 2.46. The van der Waals surface area contributed by atoms with Gasteiger partial charge in [0.15, 0.2) is 0 Å². The van der Waals surface area contributed by atoms with Crippen molar-refractivity contribution in [2.24, 2.45) is 11.7 Å². The monoisotopic (exact) mass is 275 g/mol. The predicted molar refractivity (Wildman–Crippen MR) is 84.9 cm³/mol. The molecule has 0 saturated heterocycles. The Bertz CT molecular complexity index is 379. The number of nitrogens with two attached hydrogens (primary N) is 1. The minimum Gasteiger partial charge on any atom is -0.491 e. The molecule has 0 amide bonds. The summed E-state index contributed by atoms with van der Waals surface area (Å²) in [6.07, 6.45) is 9.70. The molecule has 2 N–H and O–H groups in total. The van der Waals surface area contributed by atoms with Gasteiger partial charge in [0.05, 0.1) is 6.10 Å². The zero-order valence-electron chi connectivity index (χ0n) is 13.0. The molecule has 112 valence electrons. The first kappa shape index (κ1) is 15.4. The lowest BCUT2D eigenvalue weighted by Gasteiger charge is -2.23. The third kappa shape index (κ3) is 4.82. The van der Waals surface area contributed by atoms with E-state index in [0.29, 0.717) is 0 Å². The molecule has 1 aliphatic carbocycles. The number of hydrogen-bond donors (Lipinski definition) is 1. The molecule has 0 radical (unpaired) electrons. The van der Waals surface area contributed by atoms with Crippen molar-refractivity contribution in [3.8, 4) is 5.75 Å². The first-order chi connectivity index (χ1) is 9.65. The van der Waals surface area contributed by atoms with Crippen LogP contribution >= 0.6 is 0 Å². The van der Waals surface area contributed by atoms with Crippen LogP contribution in [0.3, 0.4) is 0 Å². The van der Waals surface area contributed by atoms with E-state index in [-0.39, 0.29) is 12.1 Å². The molecule has 1 saturated carbocycles. The predicted octanol–water partition coefficient (Wildman–Crippen LogP) is 4.83. The smallest absolute Gasteiger partial charge is 0.119 e. The zero-order chi connectivity index (χ0) is 14.4. The van der Waals surface area contributed by atoms with E-state index < -0.39 is 0 Å². The summed E-state index contributed by atoms with van der Waals surface area (Å²) in [5.74, 6) is 1.85. The van der Waals surface area contributed by atoms with Crippen LogP contribution in [0, 0.1) is 5.92 Å². The molecule has 2 rings (SSSR count). The molecule has 0 bridgehead atoms. The van der Waals surface area contributed by atoms with Crippen LogP contribution in [-0.4, -0.2) is 6.10 Å². The summed E-state index contributed by atoms with van der Waals surface area (Å²) in [5.41, 5.74) is 7.56. The van der Waals surface area contributed by atoms with E-state index in [1.165, 1.54) is 44.1 Å². The molecule has 1 atom stereocenters. The van der Waals surface area contributed by atoms with Crippen molar-refractivity contribution in [2.45, 2.75) is 70.9 Å². The largest absolute Gasteiger partial charge is 0.491 e. The molecule has 2 nitrogen and oxygen atoms in total. The van der Waals surface area contributed by atoms with Crippen LogP contribution in [0.2, 0.25) is 0 Å². The van der Waals surface area contributed by atoms with Crippen LogP contribution in [0.4, 0.5) is 0 Å². The second kappa shape index (κ2) is 7.68. The standard InChI is InChI=1S/C18H29NO/c1-14(2)20-17-11-9-16(10-12-17)18(19)13-8-15-6-4-3-5-7-15/h9-12,14-15,18H,3-8,13,19H2,1-2H3. The van der Waals surface area contributed by atoms with Crippen LogP contribution in [0.1, 0.15) is 70.4 Å². The average molecular weight is 275 g/mol. The quantitative estimate of drug-likeness (QED) is 0.806. The van der Waals surface area contributed by atoms with E-state index in [2.05, 4.69) is 12.1 Å². The summed E-state index contributed by atoms with van der Waals surface area (Å²) in [5, 5.41) is 0. The topological polar surface area (TPSA) is 35.2 Å².